The fraction of sp³-hybridized carbons (Fsp3) is 0.200. The zero-order chi connectivity index (χ0) is 12.4. The quantitative estimate of drug-likeness (QED) is 0.820. The molecule has 7 nitrogen and oxygen atoms in total. The lowest BCUT2D eigenvalue weighted by molar-refractivity contribution is 0.0694. The number of hydrogen-bond donors (Lipinski definition) is 1. The largest absolute Gasteiger partial charge is 0.477 e. The molecule has 7 heteroatoms. The lowest BCUT2D eigenvalue weighted by Crippen LogP contribution is -2.17. The lowest BCUT2D eigenvalue weighted by Gasteiger charge is -2.03. The van der Waals surface area contributed by atoms with Gasteiger partial charge in [-0.1, -0.05) is 5.16 Å². The molecule has 0 atom stereocenters. The molecule has 2 aromatic heterocycles. The molecule has 0 spiro atoms. The molecule has 2 rings (SSSR count). The van der Waals surface area contributed by atoms with Crippen molar-refractivity contribution < 1.29 is 14.4 Å². The molecule has 0 aliphatic heterocycles. The summed E-state index contributed by atoms with van der Waals surface area (Å²) >= 11 is 0. The zero-order valence-electron chi connectivity index (χ0n) is 8.95. The van der Waals surface area contributed by atoms with Gasteiger partial charge in [-0.3, -0.25) is 4.79 Å². The van der Waals surface area contributed by atoms with Gasteiger partial charge >= 0.3 is 5.97 Å². The van der Waals surface area contributed by atoms with Crippen molar-refractivity contribution in [2.24, 2.45) is 0 Å². The van der Waals surface area contributed by atoms with Gasteiger partial charge in [0.15, 0.2) is 11.3 Å². The van der Waals surface area contributed by atoms with Gasteiger partial charge in [0.2, 0.25) is 5.89 Å². The SMILES string of the molecule is Cc1nc(Cn2ccc(=O)c(C(=O)O)c2)no1. The van der Waals surface area contributed by atoms with Crippen molar-refractivity contribution in [2.75, 3.05) is 0 Å². The van der Waals surface area contributed by atoms with Gasteiger partial charge < -0.3 is 14.2 Å². The molecule has 2 heterocycles. The second-order valence-electron chi connectivity index (χ2n) is 3.43. The normalized spacial score (nSPS) is 10.4. The molecule has 1 N–H and O–H groups in total. The number of carboxylic acid groups (broad SMARTS) is 1. The number of pyridine rings is 1. The molecule has 0 saturated carbocycles. The Morgan fingerprint density at radius 2 is 2.35 bits per heavy atom. The van der Waals surface area contributed by atoms with E-state index in [1.807, 2.05) is 0 Å². The maximum atomic E-state index is 11.2. The van der Waals surface area contributed by atoms with E-state index in [2.05, 4.69) is 10.1 Å². The average molecular weight is 235 g/mol. The van der Waals surface area contributed by atoms with E-state index in [1.54, 1.807) is 6.92 Å². The van der Waals surface area contributed by atoms with Crippen LogP contribution < -0.4 is 5.43 Å². The molecule has 0 radical (unpaired) electrons. The van der Waals surface area contributed by atoms with Crippen LogP contribution in [0, 0.1) is 6.92 Å². The van der Waals surface area contributed by atoms with Crippen LogP contribution in [0.25, 0.3) is 0 Å². The van der Waals surface area contributed by atoms with Gasteiger partial charge in [-0.15, -0.1) is 0 Å². The lowest BCUT2D eigenvalue weighted by atomic mass is 10.3. The number of nitrogens with zero attached hydrogens (tertiary/aromatic N) is 3. The van der Waals surface area contributed by atoms with Gasteiger partial charge in [0.25, 0.3) is 0 Å². The summed E-state index contributed by atoms with van der Waals surface area (Å²) in [6.45, 7) is 1.91. The van der Waals surface area contributed by atoms with Crippen LogP contribution >= 0.6 is 0 Å². The minimum Gasteiger partial charge on any atom is -0.477 e. The van der Waals surface area contributed by atoms with Crippen LogP contribution in [0.2, 0.25) is 0 Å². The maximum Gasteiger partial charge on any atom is 0.341 e. The topological polar surface area (TPSA) is 98.2 Å². The summed E-state index contributed by atoms with van der Waals surface area (Å²) in [4.78, 5) is 26.0. The molecule has 2 aromatic rings. The van der Waals surface area contributed by atoms with Crippen molar-refractivity contribution in [3.63, 3.8) is 0 Å². The number of aromatic carboxylic acids is 1. The van der Waals surface area contributed by atoms with Crippen LogP contribution in [-0.2, 0) is 6.54 Å². The minimum absolute atomic E-state index is 0.248. The molecule has 0 aromatic carbocycles. The van der Waals surface area contributed by atoms with E-state index in [0.717, 1.165) is 0 Å². The second kappa shape index (κ2) is 4.20. The molecular formula is C10H9N3O4. The van der Waals surface area contributed by atoms with Crippen molar-refractivity contribution in [3.05, 3.63) is 46.0 Å². The smallest absolute Gasteiger partial charge is 0.341 e. The Morgan fingerprint density at radius 1 is 1.59 bits per heavy atom. The number of rotatable bonds is 3. The molecule has 17 heavy (non-hydrogen) atoms. The van der Waals surface area contributed by atoms with Crippen molar-refractivity contribution >= 4 is 5.97 Å². The number of carboxylic acids is 1. The molecule has 0 unspecified atom stereocenters. The van der Waals surface area contributed by atoms with Crippen molar-refractivity contribution in [3.8, 4) is 0 Å². The zero-order valence-corrected chi connectivity index (χ0v) is 8.95. The summed E-state index contributed by atoms with van der Waals surface area (Å²) in [7, 11) is 0. The summed E-state index contributed by atoms with van der Waals surface area (Å²) < 4.78 is 6.29. The number of aryl methyl sites for hydroxylation is 1. The van der Waals surface area contributed by atoms with E-state index in [1.165, 1.54) is 23.0 Å². The van der Waals surface area contributed by atoms with E-state index in [0.29, 0.717) is 11.7 Å². The van der Waals surface area contributed by atoms with Crippen LogP contribution in [0.5, 0.6) is 0 Å². The van der Waals surface area contributed by atoms with Gasteiger partial charge in [0, 0.05) is 25.4 Å². The monoisotopic (exact) mass is 235 g/mol. The first-order valence-electron chi connectivity index (χ1n) is 4.79. The van der Waals surface area contributed by atoms with Gasteiger partial charge in [0.1, 0.15) is 5.56 Å². The third-order valence-corrected chi connectivity index (χ3v) is 2.10. The van der Waals surface area contributed by atoms with Crippen molar-refractivity contribution in [1.29, 1.82) is 0 Å². The summed E-state index contributed by atoms with van der Waals surface area (Å²) in [6, 6.07) is 1.19. The predicted octanol–water partition coefficient (Wildman–Crippen LogP) is 0.286. The Labute approximate surface area is 95.3 Å². The Bertz CT molecular complexity index is 614. The molecule has 0 fully saturated rings. The van der Waals surface area contributed by atoms with Gasteiger partial charge in [-0.25, -0.2) is 4.79 Å². The van der Waals surface area contributed by atoms with E-state index >= 15 is 0 Å². The van der Waals surface area contributed by atoms with E-state index in [-0.39, 0.29) is 12.1 Å². The van der Waals surface area contributed by atoms with Gasteiger partial charge in [-0.2, -0.15) is 4.98 Å². The summed E-state index contributed by atoms with van der Waals surface area (Å²) in [6.07, 6.45) is 2.72. The summed E-state index contributed by atoms with van der Waals surface area (Å²) in [5, 5.41) is 12.5. The van der Waals surface area contributed by atoms with Crippen molar-refractivity contribution in [2.45, 2.75) is 13.5 Å². The average Bonchev–Trinajstić information content (AvgIpc) is 2.66. The number of carbonyl (C=O) groups is 1. The molecule has 0 saturated heterocycles. The first kappa shape index (κ1) is 11.1. The van der Waals surface area contributed by atoms with Crippen LogP contribution in [-0.4, -0.2) is 25.8 Å². The molecule has 0 aliphatic carbocycles. The third-order valence-electron chi connectivity index (χ3n) is 2.10. The highest BCUT2D eigenvalue weighted by molar-refractivity contribution is 5.86. The Hall–Kier alpha value is -2.44. The molecule has 0 bridgehead atoms. The van der Waals surface area contributed by atoms with Crippen molar-refractivity contribution in [1.82, 2.24) is 14.7 Å². The highest BCUT2D eigenvalue weighted by Crippen LogP contribution is 2.00. The highest BCUT2D eigenvalue weighted by Gasteiger charge is 2.09. The molecule has 0 aliphatic rings. The minimum atomic E-state index is -1.26. The van der Waals surface area contributed by atoms with Crippen LogP contribution in [0.3, 0.4) is 0 Å². The maximum absolute atomic E-state index is 11.2. The van der Waals surface area contributed by atoms with Gasteiger partial charge in [-0.05, 0) is 0 Å². The molecular weight excluding hydrogens is 226 g/mol. The van der Waals surface area contributed by atoms with E-state index in [4.69, 9.17) is 9.63 Å². The van der Waals surface area contributed by atoms with Crippen LogP contribution in [0.1, 0.15) is 22.1 Å². The third kappa shape index (κ3) is 2.39. The summed E-state index contributed by atoms with van der Waals surface area (Å²) in [5.41, 5.74) is -0.814. The van der Waals surface area contributed by atoms with Crippen LogP contribution in [0.4, 0.5) is 0 Å². The fourth-order valence-corrected chi connectivity index (χ4v) is 1.35. The Morgan fingerprint density at radius 3 is 2.94 bits per heavy atom. The molecule has 0 amide bonds. The number of hydrogen-bond acceptors (Lipinski definition) is 5. The van der Waals surface area contributed by atoms with Gasteiger partial charge in [0.05, 0.1) is 6.54 Å². The number of aromatic nitrogens is 3. The predicted molar refractivity (Wildman–Crippen MR) is 55.8 cm³/mol. The first-order valence-corrected chi connectivity index (χ1v) is 4.79. The van der Waals surface area contributed by atoms with Crippen LogP contribution in [0.15, 0.2) is 27.8 Å². The fourth-order valence-electron chi connectivity index (χ4n) is 1.35. The standard InChI is InChI=1S/C10H9N3O4/c1-6-11-9(12-17-6)5-13-3-2-8(14)7(4-13)10(15)16/h2-4H,5H2,1H3,(H,15,16). The first-order chi connectivity index (χ1) is 8.06. The summed E-state index contributed by atoms with van der Waals surface area (Å²) in [5.74, 6) is -0.407. The second-order valence-corrected chi connectivity index (χ2v) is 3.43. The highest BCUT2D eigenvalue weighted by atomic mass is 16.5. The Kier molecular flexibility index (Phi) is 2.73. The Balaban J connectivity index is 2.31. The van der Waals surface area contributed by atoms with E-state index in [9.17, 15) is 9.59 Å². The molecule has 88 valence electrons. The van der Waals surface area contributed by atoms with E-state index < -0.39 is 11.4 Å².